The molecule has 2 atom stereocenters. The van der Waals surface area contributed by atoms with E-state index in [-0.39, 0.29) is 18.0 Å². The summed E-state index contributed by atoms with van der Waals surface area (Å²) in [6.07, 6.45) is 0.0561. The molecule has 1 fully saturated rings. The first-order valence-corrected chi connectivity index (χ1v) is 6.70. The molecule has 9 heteroatoms. The number of nitrogens with zero attached hydrogens (tertiary/aromatic N) is 2. The monoisotopic (exact) mass is 275 g/mol. The summed E-state index contributed by atoms with van der Waals surface area (Å²) in [6, 6.07) is -1.24. The van der Waals surface area contributed by atoms with Gasteiger partial charge < -0.3 is 15.2 Å². The van der Waals surface area contributed by atoms with Crippen molar-refractivity contribution in [2.75, 3.05) is 6.54 Å². The minimum absolute atomic E-state index is 0.109. The summed E-state index contributed by atoms with van der Waals surface area (Å²) >= 11 is 0. The van der Waals surface area contributed by atoms with Gasteiger partial charge in [0.25, 0.3) is 10.0 Å². The van der Waals surface area contributed by atoms with Crippen LogP contribution in [0.2, 0.25) is 0 Å². The van der Waals surface area contributed by atoms with Crippen LogP contribution in [0.4, 0.5) is 0 Å². The molecule has 1 aliphatic heterocycles. The molecule has 0 aromatic carbocycles. The predicted molar refractivity (Wildman–Crippen MR) is 59.3 cm³/mol. The van der Waals surface area contributed by atoms with Gasteiger partial charge in [0.05, 0.1) is 12.3 Å². The van der Waals surface area contributed by atoms with Crippen molar-refractivity contribution in [1.82, 2.24) is 14.3 Å². The number of nitrogens with one attached hydrogen (secondary N) is 1. The highest BCUT2D eigenvalue weighted by Crippen LogP contribution is 2.25. The van der Waals surface area contributed by atoms with Crippen LogP contribution in [0.3, 0.4) is 0 Å². The highest BCUT2D eigenvalue weighted by molar-refractivity contribution is 7.89. The highest BCUT2D eigenvalue weighted by Gasteiger charge is 2.44. The number of β-amino-alcohol motifs (C(OH)–C–C–N with tert-alkyl or cyclic N) is 1. The van der Waals surface area contributed by atoms with E-state index < -0.39 is 28.1 Å². The molecular formula is C9H13N3O5S. The Kier molecular flexibility index (Phi) is 3.13. The van der Waals surface area contributed by atoms with E-state index in [9.17, 15) is 18.3 Å². The van der Waals surface area contributed by atoms with Crippen molar-refractivity contribution in [3.8, 4) is 0 Å². The van der Waals surface area contributed by atoms with Crippen molar-refractivity contribution in [1.29, 1.82) is 0 Å². The number of aliphatic hydroxyl groups is 1. The zero-order chi connectivity index (χ0) is 13.5. The van der Waals surface area contributed by atoms with Crippen LogP contribution >= 0.6 is 0 Å². The van der Waals surface area contributed by atoms with Crippen LogP contribution in [-0.2, 0) is 14.8 Å². The number of aliphatic hydroxyl groups excluding tert-OH is 1. The standard InChI is InChI=1S/C9H13N3O5S/c1-5-10-3-8(11-5)18(16,17)12-4-6(13)2-7(12)9(14)15/h3,6-7,13H,2,4H2,1H3,(H,10,11)(H,14,15)/t6-,7-/m0/s1. The molecule has 8 nitrogen and oxygen atoms in total. The summed E-state index contributed by atoms with van der Waals surface area (Å²) in [7, 11) is -3.97. The number of imidazole rings is 1. The molecule has 2 heterocycles. The Hall–Kier alpha value is -1.45. The highest BCUT2D eigenvalue weighted by atomic mass is 32.2. The number of aryl methyl sites for hydroxylation is 1. The van der Waals surface area contributed by atoms with Gasteiger partial charge in [-0.05, 0) is 6.92 Å². The van der Waals surface area contributed by atoms with Crippen LogP contribution in [-0.4, -0.2) is 57.6 Å². The van der Waals surface area contributed by atoms with Gasteiger partial charge in [0.2, 0.25) is 0 Å². The normalized spacial score (nSPS) is 25.4. The molecule has 0 aliphatic carbocycles. The van der Waals surface area contributed by atoms with Gasteiger partial charge in [0.15, 0.2) is 5.03 Å². The van der Waals surface area contributed by atoms with Crippen LogP contribution < -0.4 is 0 Å². The van der Waals surface area contributed by atoms with E-state index in [4.69, 9.17) is 5.11 Å². The molecule has 1 aromatic heterocycles. The first-order valence-electron chi connectivity index (χ1n) is 5.26. The quantitative estimate of drug-likeness (QED) is 0.645. The Balaban J connectivity index is 2.38. The fourth-order valence-corrected chi connectivity index (χ4v) is 3.52. The maximum Gasteiger partial charge on any atom is 0.322 e. The first-order chi connectivity index (χ1) is 8.32. The van der Waals surface area contributed by atoms with Crippen molar-refractivity contribution < 1.29 is 23.4 Å². The van der Waals surface area contributed by atoms with Crippen molar-refractivity contribution in [2.24, 2.45) is 0 Å². The molecule has 0 bridgehead atoms. The van der Waals surface area contributed by atoms with Gasteiger partial charge in [-0.15, -0.1) is 0 Å². The van der Waals surface area contributed by atoms with Crippen LogP contribution in [0.15, 0.2) is 11.2 Å². The van der Waals surface area contributed by atoms with E-state index in [1.165, 1.54) is 0 Å². The van der Waals surface area contributed by atoms with Crippen LogP contribution in [0.25, 0.3) is 0 Å². The summed E-state index contributed by atoms with van der Waals surface area (Å²) in [4.78, 5) is 17.3. The summed E-state index contributed by atoms with van der Waals surface area (Å²) in [5.74, 6) is -0.855. The molecule has 0 spiro atoms. The molecule has 0 radical (unpaired) electrons. The Morgan fingerprint density at radius 2 is 2.28 bits per heavy atom. The summed E-state index contributed by atoms with van der Waals surface area (Å²) in [5.41, 5.74) is 0. The summed E-state index contributed by atoms with van der Waals surface area (Å²) in [6.45, 7) is 1.36. The minimum atomic E-state index is -3.97. The lowest BCUT2D eigenvalue weighted by Crippen LogP contribution is -2.40. The lowest BCUT2D eigenvalue weighted by Gasteiger charge is -2.19. The Morgan fingerprint density at radius 1 is 1.61 bits per heavy atom. The largest absolute Gasteiger partial charge is 0.480 e. The molecule has 0 saturated carbocycles. The number of hydrogen-bond acceptors (Lipinski definition) is 5. The van der Waals surface area contributed by atoms with E-state index in [0.29, 0.717) is 5.82 Å². The molecule has 3 N–H and O–H groups in total. The second-order valence-electron chi connectivity index (χ2n) is 4.15. The zero-order valence-electron chi connectivity index (χ0n) is 9.57. The molecule has 100 valence electrons. The third-order valence-electron chi connectivity index (χ3n) is 2.78. The SMILES string of the molecule is Cc1ncc(S(=O)(=O)N2C[C@@H](O)C[C@H]2C(=O)O)[nH]1. The topological polar surface area (TPSA) is 124 Å². The van der Waals surface area contributed by atoms with Crippen LogP contribution in [0.1, 0.15) is 12.2 Å². The van der Waals surface area contributed by atoms with E-state index >= 15 is 0 Å². The maximum atomic E-state index is 12.2. The average Bonchev–Trinajstić information content (AvgIpc) is 2.84. The molecule has 1 aromatic rings. The third kappa shape index (κ3) is 2.11. The van der Waals surface area contributed by atoms with E-state index in [2.05, 4.69) is 9.97 Å². The molecule has 1 aliphatic rings. The van der Waals surface area contributed by atoms with Gasteiger partial charge >= 0.3 is 5.97 Å². The zero-order valence-corrected chi connectivity index (χ0v) is 10.4. The van der Waals surface area contributed by atoms with Gasteiger partial charge in [-0.1, -0.05) is 0 Å². The van der Waals surface area contributed by atoms with E-state index in [1.54, 1.807) is 6.92 Å². The number of hydrogen-bond donors (Lipinski definition) is 3. The van der Waals surface area contributed by atoms with Gasteiger partial charge in [-0.25, -0.2) is 13.4 Å². The average molecular weight is 275 g/mol. The number of H-pyrrole nitrogens is 1. The first kappa shape index (κ1) is 13.0. The third-order valence-corrected chi connectivity index (χ3v) is 4.57. The fraction of sp³-hybridized carbons (Fsp3) is 0.556. The number of carboxylic acids is 1. The van der Waals surface area contributed by atoms with Crippen molar-refractivity contribution >= 4 is 16.0 Å². The summed E-state index contributed by atoms with van der Waals surface area (Å²) < 4.78 is 25.2. The lowest BCUT2D eigenvalue weighted by molar-refractivity contribution is -0.140. The van der Waals surface area contributed by atoms with Crippen LogP contribution in [0.5, 0.6) is 0 Å². The molecular weight excluding hydrogens is 262 g/mol. The fourth-order valence-electron chi connectivity index (χ4n) is 1.93. The van der Waals surface area contributed by atoms with Gasteiger partial charge in [-0.3, -0.25) is 4.79 Å². The van der Waals surface area contributed by atoms with Gasteiger partial charge in [0, 0.05) is 13.0 Å². The van der Waals surface area contributed by atoms with Crippen molar-refractivity contribution in [3.05, 3.63) is 12.0 Å². The van der Waals surface area contributed by atoms with E-state index in [0.717, 1.165) is 10.5 Å². The lowest BCUT2D eigenvalue weighted by atomic mass is 10.2. The summed E-state index contributed by atoms with van der Waals surface area (Å²) in [5, 5.41) is 18.2. The maximum absolute atomic E-state index is 12.2. The minimum Gasteiger partial charge on any atom is -0.480 e. The van der Waals surface area contributed by atoms with Gasteiger partial charge in [-0.2, -0.15) is 4.31 Å². The molecule has 0 amide bonds. The number of rotatable bonds is 3. The van der Waals surface area contributed by atoms with Crippen molar-refractivity contribution in [2.45, 2.75) is 30.5 Å². The van der Waals surface area contributed by atoms with Crippen molar-refractivity contribution in [3.63, 3.8) is 0 Å². The second kappa shape index (κ2) is 4.34. The second-order valence-corrected chi connectivity index (χ2v) is 6.01. The number of aromatic amines is 1. The predicted octanol–water partition coefficient (Wildman–Crippen LogP) is -1.07. The number of aromatic nitrogens is 2. The molecule has 2 rings (SSSR count). The Bertz CT molecular complexity index is 567. The smallest absolute Gasteiger partial charge is 0.322 e. The number of carboxylic acid groups (broad SMARTS) is 1. The molecule has 0 unspecified atom stereocenters. The van der Waals surface area contributed by atoms with Gasteiger partial charge in [0.1, 0.15) is 11.9 Å². The number of sulfonamides is 1. The van der Waals surface area contributed by atoms with E-state index in [1.807, 2.05) is 0 Å². The number of carbonyl (C=O) groups is 1. The molecule has 1 saturated heterocycles. The van der Waals surface area contributed by atoms with Crippen LogP contribution in [0, 0.1) is 6.92 Å². The number of aliphatic carboxylic acids is 1. The molecule has 18 heavy (non-hydrogen) atoms. The Labute approximate surface area is 103 Å². The Morgan fingerprint density at radius 3 is 2.78 bits per heavy atom.